The second-order valence-corrected chi connectivity index (χ2v) is 5.53. The Hall–Kier alpha value is -1.43. The van der Waals surface area contributed by atoms with Crippen molar-refractivity contribution in [1.29, 1.82) is 0 Å². The van der Waals surface area contributed by atoms with Crippen LogP contribution in [0.15, 0.2) is 23.2 Å². The van der Waals surface area contributed by atoms with E-state index in [4.69, 9.17) is 0 Å². The second-order valence-electron chi connectivity index (χ2n) is 4.72. The third kappa shape index (κ3) is 2.25. The van der Waals surface area contributed by atoms with Gasteiger partial charge in [0.1, 0.15) is 4.60 Å². The van der Waals surface area contributed by atoms with Crippen LogP contribution in [0.4, 0.5) is 5.82 Å². The molecule has 5 nitrogen and oxygen atoms in total. The third-order valence-electron chi connectivity index (χ3n) is 3.30. The van der Waals surface area contributed by atoms with E-state index in [-0.39, 0.29) is 11.8 Å². The summed E-state index contributed by atoms with van der Waals surface area (Å²) in [5.41, 5.74) is 0.715. The Morgan fingerprint density at radius 3 is 3.06 bits per heavy atom. The van der Waals surface area contributed by atoms with Crippen molar-refractivity contribution in [1.82, 2.24) is 14.4 Å². The molecule has 0 aromatic carbocycles. The fourth-order valence-electron chi connectivity index (χ4n) is 1.98. The molecule has 94 valence electrons. The van der Waals surface area contributed by atoms with Crippen molar-refractivity contribution in [3.8, 4) is 0 Å². The van der Waals surface area contributed by atoms with Gasteiger partial charge in [-0.25, -0.2) is 9.97 Å². The summed E-state index contributed by atoms with van der Waals surface area (Å²) in [6.45, 7) is 1.97. The van der Waals surface area contributed by atoms with E-state index in [9.17, 15) is 4.79 Å². The normalized spacial score (nSPS) is 16.8. The molecule has 0 spiro atoms. The van der Waals surface area contributed by atoms with Gasteiger partial charge in [-0.15, -0.1) is 0 Å². The van der Waals surface area contributed by atoms with Crippen LogP contribution in [0, 0.1) is 11.8 Å². The van der Waals surface area contributed by atoms with Gasteiger partial charge in [-0.2, -0.15) is 0 Å². The van der Waals surface area contributed by atoms with Crippen molar-refractivity contribution in [2.45, 2.75) is 19.8 Å². The number of nitrogens with zero attached hydrogens (tertiary/aromatic N) is 3. The maximum Gasteiger partial charge on any atom is 0.228 e. The highest BCUT2D eigenvalue weighted by atomic mass is 79.9. The molecule has 0 radical (unpaired) electrons. The summed E-state index contributed by atoms with van der Waals surface area (Å²) in [4.78, 5) is 20.3. The molecule has 2 heterocycles. The Balaban J connectivity index is 1.79. The van der Waals surface area contributed by atoms with Gasteiger partial charge in [0.25, 0.3) is 0 Å². The lowest BCUT2D eigenvalue weighted by atomic mass is 10.1. The largest absolute Gasteiger partial charge is 0.309 e. The van der Waals surface area contributed by atoms with E-state index in [2.05, 4.69) is 31.2 Å². The maximum atomic E-state index is 12.0. The lowest BCUT2D eigenvalue weighted by Crippen LogP contribution is -2.21. The summed E-state index contributed by atoms with van der Waals surface area (Å²) < 4.78 is 2.56. The van der Waals surface area contributed by atoms with Crippen LogP contribution in [0.25, 0.3) is 5.65 Å². The number of nitrogens with one attached hydrogen (secondary N) is 1. The van der Waals surface area contributed by atoms with Crippen molar-refractivity contribution in [2.75, 3.05) is 5.32 Å². The van der Waals surface area contributed by atoms with Gasteiger partial charge in [0.05, 0.1) is 12.4 Å². The van der Waals surface area contributed by atoms with Crippen molar-refractivity contribution in [2.24, 2.45) is 11.8 Å². The minimum absolute atomic E-state index is 0.0490. The maximum absolute atomic E-state index is 12.0. The zero-order valence-electron chi connectivity index (χ0n) is 9.93. The molecule has 0 saturated heterocycles. The average molecular weight is 309 g/mol. The average Bonchev–Trinajstić information content (AvgIpc) is 3.10. The minimum atomic E-state index is 0.0490. The summed E-state index contributed by atoms with van der Waals surface area (Å²) >= 11 is 3.30. The Morgan fingerprint density at radius 2 is 2.33 bits per heavy atom. The molecule has 1 amide bonds. The number of aromatic nitrogens is 3. The summed E-state index contributed by atoms with van der Waals surface area (Å²) in [6.07, 6.45) is 7.58. The predicted octanol–water partition coefficient (Wildman–Crippen LogP) is 2.48. The smallest absolute Gasteiger partial charge is 0.228 e. The molecule has 1 unspecified atom stereocenters. The topological polar surface area (TPSA) is 59.3 Å². The van der Waals surface area contributed by atoms with Crippen LogP contribution in [0.5, 0.6) is 0 Å². The van der Waals surface area contributed by atoms with Gasteiger partial charge in [-0.1, -0.05) is 6.92 Å². The Kier molecular flexibility index (Phi) is 2.81. The highest BCUT2D eigenvalue weighted by molar-refractivity contribution is 9.10. The molecule has 2 aromatic rings. The fraction of sp³-hybridized carbons (Fsp3) is 0.417. The van der Waals surface area contributed by atoms with Gasteiger partial charge in [0, 0.05) is 12.1 Å². The number of anilines is 1. The van der Waals surface area contributed by atoms with Crippen LogP contribution >= 0.6 is 15.9 Å². The number of carbonyl (C=O) groups excluding carboxylic acids is 1. The number of rotatable bonds is 3. The van der Waals surface area contributed by atoms with Gasteiger partial charge in [-0.05, 0) is 34.7 Å². The molecule has 0 aliphatic heterocycles. The van der Waals surface area contributed by atoms with Crippen LogP contribution in [0.3, 0.4) is 0 Å². The van der Waals surface area contributed by atoms with Crippen LogP contribution in [0.2, 0.25) is 0 Å². The van der Waals surface area contributed by atoms with Crippen molar-refractivity contribution in [3.05, 3.63) is 23.2 Å². The highest BCUT2D eigenvalue weighted by Crippen LogP contribution is 2.36. The molecule has 1 aliphatic carbocycles. The molecule has 0 bridgehead atoms. The molecule has 1 N–H and O–H groups in total. The lowest BCUT2D eigenvalue weighted by molar-refractivity contribution is -0.119. The number of fused-ring (bicyclic) bond motifs is 1. The van der Waals surface area contributed by atoms with Crippen molar-refractivity contribution < 1.29 is 4.79 Å². The molecule has 18 heavy (non-hydrogen) atoms. The molecule has 1 fully saturated rings. The summed E-state index contributed by atoms with van der Waals surface area (Å²) in [7, 11) is 0. The number of hydrogen-bond acceptors (Lipinski definition) is 3. The summed E-state index contributed by atoms with van der Waals surface area (Å²) in [6, 6.07) is 0. The second kappa shape index (κ2) is 4.35. The third-order valence-corrected chi connectivity index (χ3v) is 3.71. The van der Waals surface area contributed by atoms with Gasteiger partial charge in [0.2, 0.25) is 5.91 Å². The van der Waals surface area contributed by atoms with E-state index >= 15 is 0 Å². The van der Waals surface area contributed by atoms with E-state index in [0.717, 1.165) is 17.4 Å². The molecule has 6 heteroatoms. The number of imidazole rings is 1. The lowest BCUT2D eigenvalue weighted by Gasteiger charge is -2.08. The van der Waals surface area contributed by atoms with E-state index in [1.807, 2.05) is 17.5 Å². The number of halogens is 1. The quantitative estimate of drug-likeness (QED) is 0.947. The van der Waals surface area contributed by atoms with Crippen LogP contribution in [-0.4, -0.2) is 20.3 Å². The first kappa shape index (κ1) is 11.6. The number of carbonyl (C=O) groups is 1. The number of amides is 1. The fourth-order valence-corrected chi connectivity index (χ4v) is 2.31. The molecule has 1 saturated carbocycles. The Labute approximate surface area is 113 Å². The first-order valence-corrected chi connectivity index (χ1v) is 6.74. The molecule has 1 atom stereocenters. The first-order chi connectivity index (χ1) is 8.63. The van der Waals surface area contributed by atoms with E-state index < -0.39 is 0 Å². The zero-order chi connectivity index (χ0) is 12.7. The van der Waals surface area contributed by atoms with Gasteiger partial charge < -0.3 is 9.72 Å². The van der Waals surface area contributed by atoms with Gasteiger partial charge >= 0.3 is 0 Å². The summed E-state index contributed by atoms with van der Waals surface area (Å²) in [5, 5.41) is 2.86. The molecule has 3 rings (SSSR count). The van der Waals surface area contributed by atoms with Crippen LogP contribution in [-0.2, 0) is 4.79 Å². The standard InChI is InChI=1S/C12H13BrN4O/c1-7(8-2-3-8)12(18)16-10-6-17-5-9(13)14-4-11(17)15-10/h4-8H,2-3H2,1H3,(H,16,18). The zero-order valence-corrected chi connectivity index (χ0v) is 11.5. The minimum Gasteiger partial charge on any atom is -0.309 e. The van der Waals surface area contributed by atoms with E-state index in [0.29, 0.717) is 17.4 Å². The first-order valence-electron chi connectivity index (χ1n) is 5.94. The Bertz CT molecular complexity index is 605. The van der Waals surface area contributed by atoms with Crippen molar-refractivity contribution in [3.63, 3.8) is 0 Å². The van der Waals surface area contributed by atoms with E-state index in [1.54, 1.807) is 12.4 Å². The SMILES string of the molecule is CC(C(=O)Nc1cn2cc(Br)ncc2n1)C1CC1. The van der Waals surface area contributed by atoms with E-state index in [1.165, 1.54) is 0 Å². The highest BCUT2D eigenvalue weighted by Gasteiger charge is 2.32. The number of hydrogen-bond donors (Lipinski definition) is 1. The molecule has 1 aliphatic rings. The monoisotopic (exact) mass is 308 g/mol. The van der Waals surface area contributed by atoms with Gasteiger partial charge in [0.15, 0.2) is 11.5 Å². The van der Waals surface area contributed by atoms with Crippen molar-refractivity contribution >= 4 is 33.3 Å². The van der Waals surface area contributed by atoms with Crippen LogP contribution in [0.1, 0.15) is 19.8 Å². The van der Waals surface area contributed by atoms with Gasteiger partial charge in [-0.3, -0.25) is 4.79 Å². The molecular formula is C12H13BrN4O. The Morgan fingerprint density at radius 1 is 1.56 bits per heavy atom. The predicted molar refractivity (Wildman–Crippen MR) is 71.2 cm³/mol. The van der Waals surface area contributed by atoms with Crippen LogP contribution < -0.4 is 5.32 Å². The molecular weight excluding hydrogens is 296 g/mol. The summed E-state index contributed by atoms with van der Waals surface area (Å²) in [5.74, 6) is 1.25. The molecule has 2 aromatic heterocycles.